The summed E-state index contributed by atoms with van der Waals surface area (Å²) in [7, 11) is 0. The average Bonchev–Trinajstić information content (AvgIpc) is 3.00. The molecule has 0 N–H and O–H groups in total. The Morgan fingerprint density at radius 1 is 0.762 bits per heavy atom. The van der Waals surface area contributed by atoms with Crippen molar-refractivity contribution in [1.29, 1.82) is 0 Å². The topological polar surface area (TPSA) is 52.1 Å². The Kier molecular flexibility index (Phi) is 2.50. The maximum atomic E-state index is 13.1. The molecule has 0 unspecified atom stereocenters. The summed E-state index contributed by atoms with van der Waals surface area (Å²) in [6, 6.07) is 8.23. The van der Waals surface area contributed by atoms with Crippen molar-refractivity contribution in [2.75, 3.05) is 0 Å². The molecule has 6 heteroatoms. The van der Waals surface area contributed by atoms with Crippen LogP contribution in [-0.2, 0) is 6.42 Å². The van der Waals surface area contributed by atoms with Crippen LogP contribution in [0.4, 0.5) is 8.78 Å². The van der Waals surface area contributed by atoms with Gasteiger partial charge in [0.05, 0.1) is 0 Å². The third-order valence-electron chi connectivity index (χ3n) is 3.09. The number of oxazole rings is 2. The zero-order valence-corrected chi connectivity index (χ0v) is 10.6. The van der Waals surface area contributed by atoms with Gasteiger partial charge in [0, 0.05) is 12.1 Å². The lowest BCUT2D eigenvalue weighted by molar-refractivity contribution is 0.488. The highest BCUT2D eigenvalue weighted by Gasteiger charge is 2.12. The van der Waals surface area contributed by atoms with E-state index in [1.165, 1.54) is 36.4 Å². The van der Waals surface area contributed by atoms with Crippen LogP contribution in [0.5, 0.6) is 0 Å². The molecule has 104 valence electrons. The van der Waals surface area contributed by atoms with Gasteiger partial charge >= 0.3 is 0 Å². The third kappa shape index (κ3) is 2.14. The van der Waals surface area contributed by atoms with Gasteiger partial charge in [-0.25, -0.2) is 18.7 Å². The van der Waals surface area contributed by atoms with E-state index in [0.29, 0.717) is 34.0 Å². The molecule has 0 fully saturated rings. The van der Waals surface area contributed by atoms with E-state index in [9.17, 15) is 8.78 Å². The van der Waals surface area contributed by atoms with E-state index >= 15 is 0 Å². The Hall–Kier alpha value is -2.76. The van der Waals surface area contributed by atoms with Gasteiger partial charge in [0.25, 0.3) is 0 Å². The molecule has 0 aliphatic rings. The summed E-state index contributed by atoms with van der Waals surface area (Å²) in [6.45, 7) is 0. The molecule has 0 saturated heterocycles. The van der Waals surface area contributed by atoms with Crippen LogP contribution in [-0.4, -0.2) is 9.97 Å². The van der Waals surface area contributed by atoms with E-state index in [1.807, 2.05) is 0 Å². The summed E-state index contributed by atoms with van der Waals surface area (Å²) in [5.41, 5.74) is 1.86. The van der Waals surface area contributed by atoms with Gasteiger partial charge in [0.15, 0.2) is 11.2 Å². The number of nitrogens with zero attached hydrogens (tertiary/aromatic N) is 2. The maximum absolute atomic E-state index is 13.1. The molecule has 21 heavy (non-hydrogen) atoms. The SMILES string of the molecule is Fc1ccc2oc(Cc3nc4cc(F)ccc4o3)nc2c1. The standard InChI is InChI=1S/C15H8F2N2O2/c16-8-1-3-12-10(5-8)18-14(20-12)7-15-19-11-6-9(17)2-4-13(11)21-15/h1-6H,7H2. The molecule has 0 bridgehead atoms. The minimum atomic E-state index is -0.375. The molecule has 2 heterocycles. The number of halogens is 2. The number of rotatable bonds is 2. The molecule has 0 atom stereocenters. The highest BCUT2D eigenvalue weighted by molar-refractivity contribution is 5.73. The minimum absolute atomic E-state index is 0.215. The van der Waals surface area contributed by atoms with E-state index in [4.69, 9.17) is 8.83 Å². The fourth-order valence-electron chi connectivity index (χ4n) is 2.18. The van der Waals surface area contributed by atoms with E-state index < -0.39 is 0 Å². The van der Waals surface area contributed by atoms with Crippen LogP contribution in [0.2, 0.25) is 0 Å². The first-order valence-electron chi connectivity index (χ1n) is 6.27. The number of fused-ring (bicyclic) bond motifs is 2. The molecule has 0 saturated carbocycles. The lowest BCUT2D eigenvalue weighted by atomic mass is 10.3. The summed E-state index contributed by atoms with van der Waals surface area (Å²) in [5.74, 6) is -0.0235. The van der Waals surface area contributed by atoms with Crippen molar-refractivity contribution in [3.63, 3.8) is 0 Å². The van der Waals surface area contributed by atoms with Gasteiger partial charge in [0.1, 0.15) is 29.1 Å². The van der Waals surface area contributed by atoms with Crippen LogP contribution in [0.1, 0.15) is 11.8 Å². The molecular weight excluding hydrogens is 278 g/mol. The fourth-order valence-corrected chi connectivity index (χ4v) is 2.18. The minimum Gasteiger partial charge on any atom is -0.440 e. The first kappa shape index (κ1) is 12.0. The van der Waals surface area contributed by atoms with E-state index in [0.717, 1.165) is 0 Å². The number of hydrogen-bond acceptors (Lipinski definition) is 4. The van der Waals surface area contributed by atoms with Crippen molar-refractivity contribution in [3.8, 4) is 0 Å². The Morgan fingerprint density at radius 3 is 1.71 bits per heavy atom. The molecule has 0 aliphatic heterocycles. The second-order valence-corrected chi connectivity index (χ2v) is 4.62. The first-order valence-corrected chi connectivity index (χ1v) is 6.27. The summed E-state index contributed by atoms with van der Waals surface area (Å²) < 4.78 is 37.2. The Morgan fingerprint density at radius 2 is 1.24 bits per heavy atom. The average molecular weight is 286 g/mol. The van der Waals surface area contributed by atoms with E-state index in [1.54, 1.807) is 0 Å². The zero-order valence-electron chi connectivity index (χ0n) is 10.6. The number of aromatic nitrogens is 2. The summed E-state index contributed by atoms with van der Waals surface area (Å²) in [5, 5.41) is 0. The van der Waals surface area contributed by atoms with Crippen molar-refractivity contribution >= 4 is 22.2 Å². The number of benzene rings is 2. The van der Waals surface area contributed by atoms with Gasteiger partial charge in [-0.2, -0.15) is 0 Å². The summed E-state index contributed by atoms with van der Waals surface area (Å²) >= 11 is 0. The third-order valence-corrected chi connectivity index (χ3v) is 3.09. The zero-order chi connectivity index (χ0) is 14.4. The van der Waals surface area contributed by atoms with Crippen LogP contribution in [0.3, 0.4) is 0 Å². The van der Waals surface area contributed by atoms with Gasteiger partial charge in [-0.15, -0.1) is 0 Å². The summed E-state index contributed by atoms with van der Waals surface area (Å²) in [4.78, 5) is 8.35. The monoisotopic (exact) mass is 286 g/mol. The normalized spacial score (nSPS) is 11.5. The molecule has 4 aromatic rings. The molecule has 0 spiro atoms. The van der Waals surface area contributed by atoms with Crippen LogP contribution < -0.4 is 0 Å². The van der Waals surface area contributed by atoms with Crippen LogP contribution in [0, 0.1) is 11.6 Å². The Balaban J connectivity index is 1.71. The highest BCUT2D eigenvalue weighted by Crippen LogP contribution is 2.21. The predicted octanol–water partition coefficient (Wildman–Crippen LogP) is 3.84. The largest absolute Gasteiger partial charge is 0.440 e. The van der Waals surface area contributed by atoms with Crippen LogP contribution >= 0.6 is 0 Å². The van der Waals surface area contributed by atoms with Crippen molar-refractivity contribution in [1.82, 2.24) is 9.97 Å². The van der Waals surface area contributed by atoms with Crippen molar-refractivity contribution in [2.24, 2.45) is 0 Å². The first-order chi connectivity index (χ1) is 10.2. The van der Waals surface area contributed by atoms with Crippen molar-refractivity contribution < 1.29 is 17.6 Å². The summed E-state index contributed by atoms with van der Waals surface area (Å²) in [6.07, 6.45) is 0.215. The number of hydrogen-bond donors (Lipinski definition) is 0. The van der Waals surface area contributed by atoms with Gasteiger partial charge in [0.2, 0.25) is 11.8 Å². The molecular formula is C15H8F2N2O2. The highest BCUT2D eigenvalue weighted by atomic mass is 19.1. The Labute approximate surface area is 117 Å². The van der Waals surface area contributed by atoms with Crippen LogP contribution in [0.15, 0.2) is 45.2 Å². The molecule has 2 aromatic carbocycles. The van der Waals surface area contributed by atoms with Crippen molar-refractivity contribution in [3.05, 3.63) is 59.8 Å². The quantitative estimate of drug-likeness (QED) is 0.562. The molecule has 4 rings (SSSR count). The van der Waals surface area contributed by atoms with Gasteiger partial charge in [-0.05, 0) is 24.3 Å². The lowest BCUT2D eigenvalue weighted by Gasteiger charge is -1.87. The molecule has 0 aliphatic carbocycles. The maximum Gasteiger partial charge on any atom is 0.204 e. The van der Waals surface area contributed by atoms with E-state index in [-0.39, 0.29) is 18.1 Å². The smallest absolute Gasteiger partial charge is 0.204 e. The van der Waals surface area contributed by atoms with Crippen LogP contribution in [0.25, 0.3) is 22.2 Å². The van der Waals surface area contributed by atoms with Gasteiger partial charge < -0.3 is 8.83 Å². The fraction of sp³-hybridized carbons (Fsp3) is 0.0667. The second-order valence-electron chi connectivity index (χ2n) is 4.62. The molecule has 4 nitrogen and oxygen atoms in total. The van der Waals surface area contributed by atoms with Gasteiger partial charge in [-0.3, -0.25) is 0 Å². The lowest BCUT2D eigenvalue weighted by Crippen LogP contribution is -1.87. The van der Waals surface area contributed by atoms with Crippen molar-refractivity contribution in [2.45, 2.75) is 6.42 Å². The predicted molar refractivity (Wildman–Crippen MR) is 70.7 cm³/mol. The second kappa shape index (κ2) is 4.37. The van der Waals surface area contributed by atoms with Gasteiger partial charge in [-0.1, -0.05) is 0 Å². The Bertz CT molecular complexity index is 881. The molecule has 0 radical (unpaired) electrons. The molecule has 0 amide bonds. The molecule has 2 aromatic heterocycles. The van der Waals surface area contributed by atoms with E-state index in [2.05, 4.69) is 9.97 Å².